The number of hydrogen-bond donors (Lipinski definition) is 1. The normalized spacial score (nSPS) is 10.5. The molecule has 0 aliphatic carbocycles. The number of benzene rings is 1. The zero-order valence-electron chi connectivity index (χ0n) is 8.17. The topological polar surface area (TPSA) is 68.4 Å². The second-order valence-corrected chi connectivity index (χ2v) is 2.99. The van der Waals surface area contributed by atoms with Gasteiger partial charge in [0.2, 0.25) is 5.82 Å². The number of rotatable bonds is 3. The highest BCUT2D eigenvalue weighted by atomic mass is 16.5. The van der Waals surface area contributed by atoms with Gasteiger partial charge in [-0.2, -0.15) is 4.98 Å². The van der Waals surface area contributed by atoms with E-state index in [0.29, 0.717) is 18.3 Å². The molecule has 1 aromatic heterocycles. The highest BCUT2D eigenvalue weighted by Gasteiger charge is 2.07. The Morgan fingerprint density at radius 2 is 2.07 bits per heavy atom. The van der Waals surface area contributed by atoms with Gasteiger partial charge in [-0.1, -0.05) is 5.16 Å². The van der Waals surface area contributed by atoms with Crippen LogP contribution in [0.15, 0.2) is 28.8 Å². The fraction of sp³-hybridized carbons (Fsp3) is 0.200. The highest BCUT2D eigenvalue weighted by molar-refractivity contribution is 5.55. The van der Waals surface area contributed by atoms with E-state index in [0.717, 1.165) is 5.56 Å². The van der Waals surface area contributed by atoms with Crippen molar-refractivity contribution < 1.29 is 14.4 Å². The molecular formula is C10H10N2O3. The molecule has 5 heteroatoms. The Balaban J connectivity index is 2.25. The quantitative estimate of drug-likeness (QED) is 0.825. The Labute approximate surface area is 86.3 Å². The van der Waals surface area contributed by atoms with E-state index < -0.39 is 0 Å². The molecule has 2 rings (SSSR count). The summed E-state index contributed by atoms with van der Waals surface area (Å²) in [6, 6.07) is 6.58. The first-order chi connectivity index (χ1) is 7.29. The standard InChI is InChI=1S/C10H10N2O3/c1-14-6-9-11-10(12-15-9)7-2-4-8(13)5-3-7/h2-5,13H,6H2,1H3. The molecule has 0 saturated heterocycles. The predicted molar refractivity (Wildman–Crippen MR) is 52.1 cm³/mol. The lowest BCUT2D eigenvalue weighted by atomic mass is 10.2. The lowest BCUT2D eigenvalue weighted by Gasteiger charge is -1.93. The zero-order chi connectivity index (χ0) is 10.7. The van der Waals surface area contributed by atoms with Crippen LogP contribution in [-0.4, -0.2) is 22.4 Å². The molecule has 0 amide bonds. The molecule has 1 heterocycles. The van der Waals surface area contributed by atoms with E-state index >= 15 is 0 Å². The lowest BCUT2D eigenvalue weighted by Crippen LogP contribution is -1.86. The van der Waals surface area contributed by atoms with Crippen molar-refractivity contribution in [3.8, 4) is 17.1 Å². The fourth-order valence-electron chi connectivity index (χ4n) is 1.16. The van der Waals surface area contributed by atoms with Crippen LogP contribution in [0.1, 0.15) is 5.89 Å². The van der Waals surface area contributed by atoms with Crippen molar-refractivity contribution in [2.75, 3.05) is 7.11 Å². The summed E-state index contributed by atoms with van der Waals surface area (Å²) < 4.78 is 9.80. The van der Waals surface area contributed by atoms with E-state index in [1.807, 2.05) is 0 Å². The molecule has 0 aliphatic heterocycles. The summed E-state index contributed by atoms with van der Waals surface area (Å²) in [5, 5.41) is 12.9. The van der Waals surface area contributed by atoms with Crippen molar-refractivity contribution in [1.82, 2.24) is 10.1 Å². The average Bonchev–Trinajstić information content (AvgIpc) is 2.68. The Kier molecular flexibility index (Phi) is 2.64. The summed E-state index contributed by atoms with van der Waals surface area (Å²) in [6.45, 7) is 0.297. The molecule has 0 fully saturated rings. The molecule has 0 atom stereocenters. The number of nitrogens with zero attached hydrogens (tertiary/aromatic N) is 2. The van der Waals surface area contributed by atoms with Crippen LogP contribution in [0, 0.1) is 0 Å². The van der Waals surface area contributed by atoms with Crippen LogP contribution in [-0.2, 0) is 11.3 Å². The van der Waals surface area contributed by atoms with Crippen LogP contribution in [0.3, 0.4) is 0 Å². The van der Waals surface area contributed by atoms with Crippen molar-refractivity contribution in [1.29, 1.82) is 0 Å². The molecule has 5 nitrogen and oxygen atoms in total. The predicted octanol–water partition coefficient (Wildman–Crippen LogP) is 1.59. The number of aromatic nitrogens is 2. The van der Waals surface area contributed by atoms with E-state index in [9.17, 15) is 0 Å². The van der Waals surface area contributed by atoms with E-state index in [4.69, 9.17) is 14.4 Å². The van der Waals surface area contributed by atoms with Gasteiger partial charge in [-0.05, 0) is 24.3 Å². The Bertz CT molecular complexity index is 436. The van der Waals surface area contributed by atoms with Crippen molar-refractivity contribution in [2.45, 2.75) is 6.61 Å². The Morgan fingerprint density at radius 3 is 2.73 bits per heavy atom. The van der Waals surface area contributed by atoms with E-state index in [-0.39, 0.29) is 5.75 Å². The molecule has 1 N–H and O–H groups in total. The van der Waals surface area contributed by atoms with Gasteiger partial charge in [0, 0.05) is 12.7 Å². The van der Waals surface area contributed by atoms with Gasteiger partial charge in [0.15, 0.2) is 0 Å². The van der Waals surface area contributed by atoms with Gasteiger partial charge in [-0.15, -0.1) is 0 Å². The van der Waals surface area contributed by atoms with Crippen LogP contribution in [0.25, 0.3) is 11.4 Å². The third-order valence-electron chi connectivity index (χ3n) is 1.86. The zero-order valence-corrected chi connectivity index (χ0v) is 8.17. The number of phenols is 1. The molecule has 0 spiro atoms. The van der Waals surface area contributed by atoms with Gasteiger partial charge >= 0.3 is 0 Å². The first-order valence-electron chi connectivity index (χ1n) is 4.40. The van der Waals surface area contributed by atoms with Crippen LogP contribution in [0.2, 0.25) is 0 Å². The molecule has 0 saturated carbocycles. The molecule has 0 unspecified atom stereocenters. The third-order valence-corrected chi connectivity index (χ3v) is 1.86. The highest BCUT2D eigenvalue weighted by Crippen LogP contribution is 2.18. The number of ether oxygens (including phenoxy) is 1. The largest absolute Gasteiger partial charge is 0.508 e. The minimum absolute atomic E-state index is 0.208. The number of phenolic OH excluding ortho intramolecular Hbond substituents is 1. The van der Waals surface area contributed by atoms with Gasteiger partial charge in [-0.3, -0.25) is 0 Å². The summed E-state index contributed by atoms with van der Waals surface area (Å²) in [4.78, 5) is 4.12. The molecular weight excluding hydrogens is 196 g/mol. The van der Waals surface area contributed by atoms with Crippen molar-refractivity contribution >= 4 is 0 Å². The van der Waals surface area contributed by atoms with Gasteiger partial charge in [0.05, 0.1) is 0 Å². The summed E-state index contributed by atoms with van der Waals surface area (Å²) in [5.41, 5.74) is 0.791. The smallest absolute Gasteiger partial charge is 0.252 e. The van der Waals surface area contributed by atoms with Crippen molar-refractivity contribution in [3.63, 3.8) is 0 Å². The van der Waals surface area contributed by atoms with E-state index in [1.54, 1.807) is 31.4 Å². The molecule has 2 aromatic rings. The first-order valence-corrected chi connectivity index (χ1v) is 4.40. The molecule has 78 valence electrons. The molecule has 15 heavy (non-hydrogen) atoms. The summed E-state index contributed by atoms with van der Waals surface area (Å²) in [5.74, 6) is 1.13. The lowest BCUT2D eigenvalue weighted by molar-refractivity contribution is 0.151. The van der Waals surface area contributed by atoms with Crippen molar-refractivity contribution in [2.24, 2.45) is 0 Å². The van der Waals surface area contributed by atoms with Crippen LogP contribution in [0.4, 0.5) is 0 Å². The van der Waals surface area contributed by atoms with E-state index in [1.165, 1.54) is 0 Å². The maximum atomic E-state index is 9.11. The number of aromatic hydroxyl groups is 1. The first kappa shape index (κ1) is 9.67. The van der Waals surface area contributed by atoms with Gasteiger partial charge < -0.3 is 14.4 Å². The number of hydrogen-bond acceptors (Lipinski definition) is 5. The maximum absolute atomic E-state index is 9.11. The van der Waals surface area contributed by atoms with Gasteiger partial charge in [0.25, 0.3) is 5.89 Å². The average molecular weight is 206 g/mol. The fourth-order valence-corrected chi connectivity index (χ4v) is 1.16. The van der Waals surface area contributed by atoms with Gasteiger partial charge in [0.1, 0.15) is 12.4 Å². The molecule has 1 aromatic carbocycles. The van der Waals surface area contributed by atoms with Crippen LogP contribution < -0.4 is 0 Å². The second kappa shape index (κ2) is 4.10. The maximum Gasteiger partial charge on any atom is 0.252 e. The second-order valence-electron chi connectivity index (χ2n) is 2.99. The summed E-state index contributed by atoms with van der Waals surface area (Å²) in [6.07, 6.45) is 0. The summed E-state index contributed by atoms with van der Waals surface area (Å²) in [7, 11) is 1.56. The van der Waals surface area contributed by atoms with Crippen molar-refractivity contribution in [3.05, 3.63) is 30.2 Å². The Morgan fingerprint density at radius 1 is 1.33 bits per heavy atom. The summed E-state index contributed by atoms with van der Waals surface area (Å²) >= 11 is 0. The molecule has 0 aliphatic rings. The molecule has 0 radical (unpaired) electrons. The third kappa shape index (κ3) is 2.13. The van der Waals surface area contributed by atoms with Gasteiger partial charge in [-0.25, -0.2) is 0 Å². The molecule has 0 bridgehead atoms. The Hall–Kier alpha value is -1.88. The number of methoxy groups -OCH3 is 1. The van der Waals surface area contributed by atoms with E-state index in [2.05, 4.69) is 10.1 Å². The minimum Gasteiger partial charge on any atom is -0.508 e. The SMILES string of the molecule is COCc1nc(-c2ccc(O)cc2)no1. The van der Waals surface area contributed by atoms with Crippen LogP contribution >= 0.6 is 0 Å². The monoisotopic (exact) mass is 206 g/mol. The minimum atomic E-state index is 0.208. The van der Waals surface area contributed by atoms with Crippen LogP contribution in [0.5, 0.6) is 5.75 Å².